The fourth-order valence-corrected chi connectivity index (χ4v) is 4.55. The Kier molecular flexibility index (Phi) is 5.99. The van der Waals surface area contributed by atoms with Crippen molar-refractivity contribution in [3.8, 4) is 0 Å². The van der Waals surface area contributed by atoms with Crippen LogP contribution in [0.3, 0.4) is 0 Å². The number of hydrogen-bond acceptors (Lipinski definition) is 7. The zero-order valence-electron chi connectivity index (χ0n) is 15.2. The van der Waals surface area contributed by atoms with Crippen LogP contribution < -0.4 is 10.6 Å². The van der Waals surface area contributed by atoms with Crippen LogP contribution in [0.2, 0.25) is 0 Å². The maximum Gasteiger partial charge on any atom is 0.240 e. The topological polar surface area (TPSA) is 137 Å². The van der Waals surface area contributed by atoms with Crippen LogP contribution in [0, 0.1) is 0 Å². The Labute approximate surface area is 168 Å². The summed E-state index contributed by atoms with van der Waals surface area (Å²) in [5.74, 6) is 4.63. The molecule has 3 rings (SSSR count). The summed E-state index contributed by atoms with van der Waals surface area (Å²) in [6, 6.07) is 17.3. The highest BCUT2D eigenvalue weighted by molar-refractivity contribution is 7.93. The van der Waals surface area contributed by atoms with Gasteiger partial charge < -0.3 is 5.84 Å². The second-order valence-corrected chi connectivity index (χ2v) is 9.76. The molecule has 2 aromatic carbocycles. The van der Waals surface area contributed by atoms with Crippen molar-refractivity contribution in [1.82, 2.24) is 14.9 Å². The Bertz CT molecular complexity index is 1210. The summed E-state index contributed by atoms with van der Waals surface area (Å²) in [6.45, 7) is 0. The number of nitrogens with two attached hydrogens (primary N) is 1. The Balaban J connectivity index is 1.71. The minimum Gasteiger partial charge on any atom is -0.336 e. The lowest BCUT2D eigenvalue weighted by Crippen LogP contribution is -2.23. The zero-order valence-corrected chi connectivity index (χ0v) is 16.8. The lowest BCUT2D eigenvalue weighted by atomic mass is 10.2. The Morgan fingerprint density at radius 3 is 2.03 bits per heavy atom. The van der Waals surface area contributed by atoms with Crippen LogP contribution in [0.5, 0.6) is 0 Å². The van der Waals surface area contributed by atoms with Gasteiger partial charge in [-0.1, -0.05) is 48.5 Å². The molecule has 0 aliphatic carbocycles. The number of hydrogen-bond donors (Lipinski definition) is 2. The summed E-state index contributed by atoms with van der Waals surface area (Å²) in [5.41, 5.74) is 1.12. The van der Waals surface area contributed by atoms with Crippen molar-refractivity contribution in [3.05, 3.63) is 83.3 Å². The lowest BCUT2D eigenvalue weighted by Gasteiger charge is -2.07. The van der Waals surface area contributed by atoms with Crippen LogP contribution in [-0.4, -0.2) is 31.7 Å². The molecule has 0 aliphatic heterocycles. The summed E-state index contributed by atoms with van der Waals surface area (Å²) in [5, 5.41) is 8.51. The van der Waals surface area contributed by atoms with E-state index in [0.717, 1.165) is 15.6 Å². The van der Waals surface area contributed by atoms with Gasteiger partial charge in [-0.05, 0) is 23.8 Å². The largest absolute Gasteiger partial charge is 0.336 e. The molecule has 0 fully saturated rings. The monoisotopic (exact) mass is 433 g/mol. The van der Waals surface area contributed by atoms with Crippen molar-refractivity contribution in [3.63, 3.8) is 0 Å². The minimum absolute atomic E-state index is 0.0624. The van der Waals surface area contributed by atoms with Crippen LogP contribution in [-0.2, 0) is 31.4 Å². The van der Waals surface area contributed by atoms with E-state index in [-0.39, 0.29) is 11.6 Å². The van der Waals surface area contributed by atoms with Crippen molar-refractivity contribution in [2.24, 2.45) is 0 Å². The molecule has 0 aliphatic rings. The summed E-state index contributed by atoms with van der Waals surface area (Å²) in [7, 11) is -7.49. The smallest absolute Gasteiger partial charge is 0.240 e. The molecule has 0 saturated heterocycles. The van der Waals surface area contributed by atoms with E-state index in [4.69, 9.17) is 5.84 Å². The van der Waals surface area contributed by atoms with Crippen molar-refractivity contribution < 1.29 is 16.8 Å². The molecule has 11 heteroatoms. The van der Waals surface area contributed by atoms with Crippen LogP contribution in [0.15, 0.2) is 66.1 Å². The van der Waals surface area contributed by atoms with Gasteiger partial charge in [0.05, 0.1) is 0 Å². The van der Waals surface area contributed by atoms with Crippen LogP contribution >= 0.6 is 0 Å². The number of nitrogens with one attached hydrogen (secondary N) is 1. The number of nitrogens with zero attached hydrogens (tertiary/aromatic N) is 3. The summed E-state index contributed by atoms with van der Waals surface area (Å²) in [4.78, 5) is 0. The maximum absolute atomic E-state index is 12.3. The first-order chi connectivity index (χ1) is 13.7. The van der Waals surface area contributed by atoms with Gasteiger partial charge in [-0.15, -0.1) is 10.2 Å². The molecule has 3 N–H and O–H groups in total. The Morgan fingerprint density at radius 2 is 1.41 bits per heavy atom. The van der Waals surface area contributed by atoms with Gasteiger partial charge in [0.1, 0.15) is 11.5 Å². The number of para-hydroxylation sites is 1. The fourth-order valence-electron chi connectivity index (χ4n) is 2.42. The van der Waals surface area contributed by atoms with Crippen molar-refractivity contribution in [2.45, 2.75) is 11.5 Å². The molecule has 0 saturated carbocycles. The number of sulfone groups is 1. The van der Waals surface area contributed by atoms with E-state index < -0.39 is 31.4 Å². The molecule has 1 aromatic heterocycles. The second kappa shape index (κ2) is 8.45. The van der Waals surface area contributed by atoms with E-state index >= 15 is 0 Å². The number of rotatable bonds is 8. The first-order valence-corrected chi connectivity index (χ1v) is 11.8. The molecule has 0 radical (unpaired) electrons. The lowest BCUT2D eigenvalue weighted by molar-refractivity contribution is 0.598. The van der Waals surface area contributed by atoms with E-state index in [2.05, 4.69) is 14.9 Å². The van der Waals surface area contributed by atoms with Gasteiger partial charge in [0.15, 0.2) is 21.5 Å². The van der Waals surface area contributed by atoms with Crippen molar-refractivity contribution in [2.75, 3.05) is 10.6 Å². The van der Waals surface area contributed by atoms with Gasteiger partial charge in [-0.2, -0.15) is 0 Å². The van der Waals surface area contributed by atoms with Crippen molar-refractivity contribution >= 4 is 31.6 Å². The average Bonchev–Trinajstić information content (AvgIpc) is 3.00. The molecule has 9 nitrogen and oxygen atoms in total. The molecule has 3 aromatic rings. The standard InChI is InChI=1S/C18H19N5O4S2/c19-23-17(13-28(24,25)12-11-15-7-3-1-4-8-15)20-21-18(23)14-29(26,27)22-16-9-5-2-6-10-16/h1-12,22H,13-14,19H2/b12-11-. The first kappa shape index (κ1) is 20.6. The summed E-state index contributed by atoms with van der Waals surface area (Å²) >= 11 is 0. The van der Waals surface area contributed by atoms with E-state index in [9.17, 15) is 16.8 Å². The van der Waals surface area contributed by atoms with Gasteiger partial charge in [0.25, 0.3) is 0 Å². The third-order valence-electron chi connectivity index (χ3n) is 3.80. The van der Waals surface area contributed by atoms with Crippen LogP contribution in [0.1, 0.15) is 17.2 Å². The van der Waals surface area contributed by atoms with Crippen LogP contribution in [0.25, 0.3) is 6.08 Å². The quantitative estimate of drug-likeness (QED) is 0.514. The Morgan fingerprint density at radius 1 is 0.862 bits per heavy atom. The number of benzene rings is 2. The number of sulfonamides is 1. The third-order valence-corrected chi connectivity index (χ3v) is 6.20. The molecule has 152 valence electrons. The normalized spacial score (nSPS) is 12.3. The fraction of sp³-hybridized carbons (Fsp3) is 0.111. The predicted molar refractivity (Wildman–Crippen MR) is 111 cm³/mol. The molecule has 0 amide bonds. The maximum atomic E-state index is 12.3. The first-order valence-electron chi connectivity index (χ1n) is 8.44. The number of aromatic nitrogens is 3. The molecule has 0 atom stereocenters. The van der Waals surface area contributed by atoms with E-state index in [1.54, 1.807) is 54.6 Å². The van der Waals surface area contributed by atoms with E-state index in [1.165, 1.54) is 6.08 Å². The second-order valence-electron chi connectivity index (χ2n) is 6.15. The van der Waals surface area contributed by atoms with Gasteiger partial charge in [-0.25, -0.2) is 21.5 Å². The number of nitrogen functional groups attached to an aromatic ring is 1. The minimum atomic E-state index is -3.80. The number of anilines is 1. The molecular formula is C18H19N5O4S2. The predicted octanol–water partition coefficient (Wildman–Crippen LogP) is 1.52. The van der Waals surface area contributed by atoms with E-state index in [1.807, 2.05) is 6.07 Å². The third kappa shape index (κ3) is 5.90. The molecule has 0 spiro atoms. The highest BCUT2D eigenvalue weighted by atomic mass is 32.2. The summed E-state index contributed by atoms with van der Waals surface area (Å²) in [6.07, 6.45) is 1.46. The van der Waals surface area contributed by atoms with Gasteiger partial charge >= 0.3 is 0 Å². The average molecular weight is 434 g/mol. The molecule has 1 heterocycles. The molecule has 29 heavy (non-hydrogen) atoms. The highest BCUT2D eigenvalue weighted by Crippen LogP contribution is 2.13. The van der Waals surface area contributed by atoms with Crippen molar-refractivity contribution in [1.29, 1.82) is 0 Å². The molecule has 0 unspecified atom stereocenters. The van der Waals surface area contributed by atoms with Gasteiger partial charge in [0, 0.05) is 11.1 Å². The molecular weight excluding hydrogens is 414 g/mol. The Hall–Kier alpha value is -3.18. The van der Waals surface area contributed by atoms with Gasteiger partial charge in [0.2, 0.25) is 10.0 Å². The zero-order chi connectivity index (χ0) is 20.9. The van der Waals surface area contributed by atoms with E-state index in [0.29, 0.717) is 5.69 Å². The molecule has 0 bridgehead atoms. The SMILES string of the molecule is Nn1c(CS(=O)(=O)/C=C\c2ccccc2)nnc1CS(=O)(=O)Nc1ccccc1. The summed E-state index contributed by atoms with van der Waals surface area (Å²) < 4.78 is 52.5. The van der Waals surface area contributed by atoms with Gasteiger partial charge in [-0.3, -0.25) is 4.72 Å². The van der Waals surface area contributed by atoms with Crippen LogP contribution in [0.4, 0.5) is 5.69 Å². The highest BCUT2D eigenvalue weighted by Gasteiger charge is 2.21.